The molecule has 0 fully saturated rings. The Labute approximate surface area is 120 Å². The summed E-state index contributed by atoms with van der Waals surface area (Å²) in [5.74, 6) is -1.13. The number of thiophene rings is 1. The van der Waals surface area contributed by atoms with Crippen molar-refractivity contribution in [2.75, 3.05) is 5.32 Å². The average Bonchev–Trinajstić information content (AvgIpc) is 2.94. The van der Waals surface area contributed by atoms with Crippen molar-refractivity contribution in [2.24, 2.45) is 7.05 Å². The summed E-state index contributed by atoms with van der Waals surface area (Å²) in [6, 6.07) is 1.46. The molecule has 0 aliphatic heterocycles. The molecule has 0 atom stereocenters. The third-order valence-corrected chi connectivity index (χ3v) is 3.69. The molecule has 6 nitrogen and oxygen atoms in total. The Balaban J connectivity index is 1.89. The van der Waals surface area contributed by atoms with Crippen LogP contribution in [0.3, 0.4) is 0 Å². The Hall–Kier alpha value is -2.15. The quantitative estimate of drug-likeness (QED) is 0.883. The first kappa shape index (κ1) is 14.3. The van der Waals surface area contributed by atoms with E-state index in [2.05, 4.69) is 10.4 Å². The minimum absolute atomic E-state index is 0.132. The van der Waals surface area contributed by atoms with E-state index in [4.69, 9.17) is 5.11 Å². The number of amides is 1. The molecule has 0 saturated heterocycles. The van der Waals surface area contributed by atoms with Gasteiger partial charge in [-0.15, -0.1) is 11.3 Å². The van der Waals surface area contributed by atoms with Crippen LogP contribution in [0.1, 0.15) is 28.0 Å². The summed E-state index contributed by atoms with van der Waals surface area (Å²) in [5, 5.41) is 17.8. The zero-order valence-corrected chi connectivity index (χ0v) is 12.0. The van der Waals surface area contributed by atoms with Crippen molar-refractivity contribution in [2.45, 2.75) is 19.8 Å². The van der Waals surface area contributed by atoms with E-state index in [1.807, 2.05) is 20.2 Å². The van der Waals surface area contributed by atoms with Crippen molar-refractivity contribution < 1.29 is 14.7 Å². The number of aryl methyl sites for hydroxylation is 3. The van der Waals surface area contributed by atoms with Crippen molar-refractivity contribution in [3.63, 3.8) is 0 Å². The van der Waals surface area contributed by atoms with E-state index in [1.165, 1.54) is 22.8 Å². The van der Waals surface area contributed by atoms with E-state index >= 15 is 0 Å². The Morgan fingerprint density at radius 2 is 2.25 bits per heavy atom. The molecule has 2 N–H and O–H groups in total. The number of aromatic carboxylic acids is 1. The van der Waals surface area contributed by atoms with Crippen molar-refractivity contribution in [3.05, 3.63) is 34.5 Å². The van der Waals surface area contributed by atoms with Gasteiger partial charge < -0.3 is 10.4 Å². The van der Waals surface area contributed by atoms with Gasteiger partial charge in [-0.05, 0) is 25.0 Å². The van der Waals surface area contributed by atoms with Crippen LogP contribution in [0.15, 0.2) is 17.6 Å². The van der Waals surface area contributed by atoms with E-state index in [-0.39, 0.29) is 11.5 Å². The lowest BCUT2D eigenvalue weighted by atomic mass is 10.1. The number of hydrogen-bond acceptors (Lipinski definition) is 4. The van der Waals surface area contributed by atoms with Crippen LogP contribution < -0.4 is 5.32 Å². The topological polar surface area (TPSA) is 84.2 Å². The maximum atomic E-state index is 11.8. The van der Waals surface area contributed by atoms with Gasteiger partial charge in [-0.3, -0.25) is 9.48 Å². The standard InChI is InChI=1S/C13H15N3O3S/c1-8-9(6-16(2)15-8)3-4-11(17)14-12-5-10(7-20-12)13(18)19/h5-7H,3-4H2,1-2H3,(H,14,17)(H,18,19). The highest BCUT2D eigenvalue weighted by Gasteiger charge is 2.10. The molecule has 2 aromatic heterocycles. The second-order valence-electron chi connectivity index (χ2n) is 4.47. The SMILES string of the molecule is Cc1nn(C)cc1CCC(=O)Nc1cc(C(=O)O)cs1. The van der Waals surface area contributed by atoms with E-state index in [9.17, 15) is 9.59 Å². The van der Waals surface area contributed by atoms with E-state index in [1.54, 1.807) is 4.68 Å². The monoisotopic (exact) mass is 293 g/mol. The molecule has 106 valence electrons. The van der Waals surface area contributed by atoms with Crippen LogP contribution in [0.25, 0.3) is 0 Å². The molecular weight excluding hydrogens is 278 g/mol. The smallest absolute Gasteiger partial charge is 0.336 e. The number of carbonyl (C=O) groups excluding carboxylic acids is 1. The first-order valence-corrected chi connectivity index (χ1v) is 6.94. The lowest BCUT2D eigenvalue weighted by Gasteiger charge is -2.01. The highest BCUT2D eigenvalue weighted by atomic mass is 32.1. The van der Waals surface area contributed by atoms with Crippen molar-refractivity contribution in [3.8, 4) is 0 Å². The fraction of sp³-hybridized carbons (Fsp3) is 0.308. The number of nitrogens with zero attached hydrogens (tertiary/aromatic N) is 2. The first-order valence-electron chi connectivity index (χ1n) is 6.06. The molecule has 7 heteroatoms. The summed E-state index contributed by atoms with van der Waals surface area (Å²) in [4.78, 5) is 22.5. The molecular formula is C13H15N3O3S. The lowest BCUT2D eigenvalue weighted by molar-refractivity contribution is -0.116. The zero-order valence-electron chi connectivity index (χ0n) is 11.2. The number of nitrogens with one attached hydrogen (secondary N) is 1. The van der Waals surface area contributed by atoms with Gasteiger partial charge in [0.05, 0.1) is 16.3 Å². The third kappa shape index (κ3) is 3.45. The molecule has 1 amide bonds. The number of anilines is 1. The molecule has 2 heterocycles. The second kappa shape index (κ2) is 5.87. The Morgan fingerprint density at radius 3 is 2.80 bits per heavy atom. The number of aromatic nitrogens is 2. The number of carbonyl (C=O) groups is 2. The van der Waals surface area contributed by atoms with Crippen LogP contribution in [0.5, 0.6) is 0 Å². The van der Waals surface area contributed by atoms with E-state index in [0.717, 1.165) is 11.3 Å². The van der Waals surface area contributed by atoms with Crippen molar-refractivity contribution >= 4 is 28.2 Å². The minimum Gasteiger partial charge on any atom is -0.478 e. The highest BCUT2D eigenvalue weighted by Crippen LogP contribution is 2.20. The van der Waals surface area contributed by atoms with Gasteiger partial charge in [-0.25, -0.2) is 4.79 Å². The first-order chi connectivity index (χ1) is 9.45. The number of rotatable bonds is 5. The fourth-order valence-corrected chi connectivity index (χ4v) is 2.65. The van der Waals surface area contributed by atoms with Crippen LogP contribution in [-0.4, -0.2) is 26.8 Å². The molecule has 0 bridgehead atoms. The Morgan fingerprint density at radius 1 is 1.50 bits per heavy atom. The predicted molar refractivity (Wildman–Crippen MR) is 76.2 cm³/mol. The Bertz CT molecular complexity index is 645. The lowest BCUT2D eigenvalue weighted by Crippen LogP contribution is -2.11. The largest absolute Gasteiger partial charge is 0.478 e. The van der Waals surface area contributed by atoms with Crippen LogP contribution in [0, 0.1) is 6.92 Å². The zero-order chi connectivity index (χ0) is 14.7. The minimum atomic E-state index is -0.993. The number of carboxylic acids is 1. The molecule has 20 heavy (non-hydrogen) atoms. The summed E-state index contributed by atoms with van der Waals surface area (Å²) in [6.45, 7) is 1.91. The summed E-state index contributed by atoms with van der Waals surface area (Å²) in [7, 11) is 1.84. The molecule has 0 aromatic carbocycles. The van der Waals surface area contributed by atoms with E-state index in [0.29, 0.717) is 17.8 Å². The van der Waals surface area contributed by atoms with Crippen molar-refractivity contribution in [1.82, 2.24) is 9.78 Å². The van der Waals surface area contributed by atoms with E-state index < -0.39 is 5.97 Å². The van der Waals surface area contributed by atoms with Gasteiger partial charge >= 0.3 is 5.97 Å². The van der Waals surface area contributed by atoms with Gasteiger partial charge in [0.2, 0.25) is 5.91 Å². The number of hydrogen-bond donors (Lipinski definition) is 2. The van der Waals surface area contributed by atoms with Gasteiger partial charge in [0, 0.05) is 25.0 Å². The Kier molecular flexibility index (Phi) is 4.19. The summed E-state index contributed by atoms with van der Waals surface area (Å²) < 4.78 is 1.72. The molecule has 0 aliphatic rings. The molecule has 0 radical (unpaired) electrons. The molecule has 2 rings (SSSR count). The normalized spacial score (nSPS) is 10.5. The van der Waals surface area contributed by atoms with Crippen LogP contribution in [0.2, 0.25) is 0 Å². The van der Waals surface area contributed by atoms with Crippen LogP contribution >= 0.6 is 11.3 Å². The third-order valence-electron chi connectivity index (χ3n) is 2.85. The second-order valence-corrected chi connectivity index (χ2v) is 5.38. The average molecular weight is 293 g/mol. The van der Waals surface area contributed by atoms with Gasteiger partial charge in [0.1, 0.15) is 0 Å². The summed E-state index contributed by atoms with van der Waals surface area (Å²) >= 11 is 1.21. The van der Waals surface area contributed by atoms with Gasteiger partial charge in [0.15, 0.2) is 0 Å². The predicted octanol–water partition coefficient (Wildman–Crippen LogP) is 2.06. The molecule has 2 aromatic rings. The van der Waals surface area contributed by atoms with Gasteiger partial charge in [0.25, 0.3) is 0 Å². The van der Waals surface area contributed by atoms with Gasteiger partial charge in [-0.2, -0.15) is 5.10 Å². The van der Waals surface area contributed by atoms with Crippen molar-refractivity contribution in [1.29, 1.82) is 0 Å². The fourth-order valence-electron chi connectivity index (χ4n) is 1.86. The highest BCUT2D eigenvalue weighted by molar-refractivity contribution is 7.14. The molecule has 0 unspecified atom stereocenters. The number of carboxylic acid groups (broad SMARTS) is 1. The molecule has 0 saturated carbocycles. The summed E-state index contributed by atoms with van der Waals surface area (Å²) in [5.41, 5.74) is 2.15. The maximum Gasteiger partial charge on any atom is 0.336 e. The molecule has 0 spiro atoms. The van der Waals surface area contributed by atoms with Crippen LogP contribution in [0.4, 0.5) is 5.00 Å². The molecule has 0 aliphatic carbocycles. The van der Waals surface area contributed by atoms with Gasteiger partial charge in [-0.1, -0.05) is 0 Å². The summed E-state index contributed by atoms with van der Waals surface area (Å²) in [6.07, 6.45) is 2.85. The van der Waals surface area contributed by atoms with Crippen LogP contribution in [-0.2, 0) is 18.3 Å². The maximum absolute atomic E-state index is 11.8.